The van der Waals surface area contributed by atoms with Crippen LogP contribution in [0.5, 0.6) is 0 Å². The van der Waals surface area contributed by atoms with Crippen LogP contribution >= 0.6 is 0 Å². The van der Waals surface area contributed by atoms with Crippen molar-refractivity contribution in [3.8, 4) is 0 Å². The highest BCUT2D eigenvalue weighted by atomic mass is 19.1. The topological polar surface area (TPSA) is 38.0 Å². The minimum Gasteiger partial charge on any atom is -0.317 e. The Morgan fingerprint density at radius 3 is 2.56 bits per heavy atom. The summed E-state index contributed by atoms with van der Waals surface area (Å²) in [6, 6.07) is 6.33. The van der Waals surface area contributed by atoms with Gasteiger partial charge in [-0.1, -0.05) is 36.4 Å². The van der Waals surface area contributed by atoms with Crippen LogP contribution in [0.15, 0.2) is 48.6 Å². The molecule has 0 spiro atoms. The highest BCUT2D eigenvalue weighted by molar-refractivity contribution is 5.38. The summed E-state index contributed by atoms with van der Waals surface area (Å²) in [4.78, 5) is 0. The van der Waals surface area contributed by atoms with Crippen LogP contribution in [-0.4, -0.2) is 13.1 Å². The molecule has 0 saturated carbocycles. The van der Waals surface area contributed by atoms with E-state index in [9.17, 15) is 4.39 Å². The van der Waals surface area contributed by atoms with E-state index in [1.807, 2.05) is 31.4 Å². The van der Waals surface area contributed by atoms with Gasteiger partial charge in [-0.3, -0.25) is 0 Å². The van der Waals surface area contributed by atoms with Crippen LogP contribution in [-0.2, 0) is 5.54 Å². The third kappa shape index (κ3) is 1.79. The van der Waals surface area contributed by atoms with Crippen LogP contribution in [0.25, 0.3) is 0 Å². The lowest BCUT2D eigenvalue weighted by atomic mass is 9.81. The van der Waals surface area contributed by atoms with Crippen molar-refractivity contribution in [1.82, 2.24) is 5.32 Å². The minimum absolute atomic E-state index is 0.0166. The second-order valence-corrected chi connectivity index (χ2v) is 3.95. The van der Waals surface area contributed by atoms with Gasteiger partial charge >= 0.3 is 0 Å². The van der Waals surface area contributed by atoms with E-state index in [1.54, 1.807) is 12.1 Å². The van der Waals surface area contributed by atoms with Crippen molar-refractivity contribution >= 4 is 0 Å². The molecule has 1 aliphatic rings. The van der Waals surface area contributed by atoms with Gasteiger partial charge in [0.05, 0.1) is 11.6 Å². The van der Waals surface area contributed by atoms with Crippen molar-refractivity contribution in [2.24, 2.45) is 5.73 Å². The Bertz CT molecular complexity index is 422. The maximum Gasteiger partial charge on any atom is 0.123 e. The molecule has 2 nitrogen and oxygen atoms in total. The summed E-state index contributed by atoms with van der Waals surface area (Å²) in [5, 5.41) is 3.15. The average molecular weight is 218 g/mol. The summed E-state index contributed by atoms with van der Waals surface area (Å²) in [5.41, 5.74) is 6.65. The molecule has 1 aromatic carbocycles. The lowest BCUT2D eigenvalue weighted by Crippen LogP contribution is -2.52. The first-order valence-corrected chi connectivity index (χ1v) is 5.25. The molecule has 0 fully saturated rings. The van der Waals surface area contributed by atoms with E-state index in [0.717, 1.165) is 5.56 Å². The van der Waals surface area contributed by atoms with Crippen molar-refractivity contribution in [1.29, 1.82) is 0 Å². The maximum atomic E-state index is 12.9. The normalized spacial score (nSPS) is 28.3. The molecule has 3 N–H and O–H groups in total. The average Bonchev–Trinajstić information content (AvgIpc) is 2.30. The van der Waals surface area contributed by atoms with E-state index in [0.29, 0.717) is 0 Å². The van der Waals surface area contributed by atoms with Gasteiger partial charge in [0.15, 0.2) is 0 Å². The SMILES string of the molecule is CNC1C=CC=CC1(N)c1ccc(F)cc1. The van der Waals surface area contributed by atoms with Crippen molar-refractivity contribution in [2.45, 2.75) is 11.6 Å². The molecule has 0 aliphatic heterocycles. The number of halogens is 1. The molecule has 3 heteroatoms. The first-order chi connectivity index (χ1) is 7.66. The predicted octanol–water partition coefficient (Wildman–Crippen LogP) is 1.69. The molecule has 1 aromatic rings. The van der Waals surface area contributed by atoms with Gasteiger partial charge in [0.2, 0.25) is 0 Å². The van der Waals surface area contributed by atoms with E-state index >= 15 is 0 Å². The number of nitrogens with two attached hydrogens (primary N) is 1. The van der Waals surface area contributed by atoms with Gasteiger partial charge in [-0.2, -0.15) is 0 Å². The molecule has 2 unspecified atom stereocenters. The number of benzene rings is 1. The Morgan fingerprint density at radius 2 is 1.94 bits per heavy atom. The van der Waals surface area contributed by atoms with Crippen molar-refractivity contribution in [2.75, 3.05) is 7.05 Å². The fourth-order valence-corrected chi connectivity index (χ4v) is 2.00. The third-order valence-corrected chi connectivity index (χ3v) is 2.96. The van der Waals surface area contributed by atoms with E-state index in [-0.39, 0.29) is 11.9 Å². The van der Waals surface area contributed by atoms with Crippen LogP contribution in [0, 0.1) is 5.82 Å². The van der Waals surface area contributed by atoms with Crippen LogP contribution in [0.4, 0.5) is 4.39 Å². The Hall–Kier alpha value is -1.45. The van der Waals surface area contributed by atoms with Gasteiger partial charge < -0.3 is 11.1 Å². The molecule has 0 radical (unpaired) electrons. The standard InChI is InChI=1S/C13H15FN2/c1-16-12-4-2-3-9-13(12,15)10-5-7-11(14)8-6-10/h2-9,12,16H,15H2,1H3. The zero-order valence-corrected chi connectivity index (χ0v) is 9.15. The first kappa shape index (κ1) is 11.0. The number of allylic oxidation sites excluding steroid dienone is 2. The molecular weight excluding hydrogens is 203 g/mol. The van der Waals surface area contributed by atoms with Gasteiger partial charge in [0.25, 0.3) is 0 Å². The molecule has 0 heterocycles. The summed E-state index contributed by atoms with van der Waals surface area (Å²) < 4.78 is 12.9. The highest BCUT2D eigenvalue weighted by Crippen LogP contribution is 2.27. The van der Waals surface area contributed by atoms with Gasteiger partial charge in [-0.15, -0.1) is 0 Å². The summed E-state index contributed by atoms with van der Waals surface area (Å²) in [5.74, 6) is -0.247. The minimum atomic E-state index is -0.614. The Morgan fingerprint density at radius 1 is 1.25 bits per heavy atom. The first-order valence-electron chi connectivity index (χ1n) is 5.25. The second-order valence-electron chi connectivity index (χ2n) is 3.95. The van der Waals surface area contributed by atoms with Gasteiger partial charge in [-0.05, 0) is 24.7 Å². The molecule has 0 aromatic heterocycles. The molecule has 0 amide bonds. The lowest BCUT2D eigenvalue weighted by Gasteiger charge is -2.35. The predicted molar refractivity (Wildman–Crippen MR) is 63.4 cm³/mol. The number of hydrogen-bond acceptors (Lipinski definition) is 2. The Kier molecular flexibility index (Phi) is 2.90. The zero-order valence-electron chi connectivity index (χ0n) is 9.15. The molecule has 1 aliphatic carbocycles. The van der Waals surface area contributed by atoms with E-state index in [1.165, 1.54) is 12.1 Å². The summed E-state index contributed by atoms with van der Waals surface area (Å²) >= 11 is 0. The van der Waals surface area contributed by atoms with Crippen LogP contribution in [0.1, 0.15) is 5.56 Å². The second kappa shape index (κ2) is 4.20. The van der Waals surface area contributed by atoms with E-state index < -0.39 is 5.54 Å². The molecule has 84 valence electrons. The van der Waals surface area contributed by atoms with Crippen molar-refractivity contribution in [3.63, 3.8) is 0 Å². The lowest BCUT2D eigenvalue weighted by molar-refractivity contribution is 0.437. The zero-order chi connectivity index (χ0) is 11.6. The third-order valence-electron chi connectivity index (χ3n) is 2.96. The molecular formula is C13H15FN2. The smallest absolute Gasteiger partial charge is 0.123 e. The highest BCUT2D eigenvalue weighted by Gasteiger charge is 2.32. The van der Waals surface area contributed by atoms with Gasteiger partial charge in [0, 0.05) is 0 Å². The number of hydrogen-bond donors (Lipinski definition) is 2. The van der Waals surface area contributed by atoms with Crippen molar-refractivity contribution < 1.29 is 4.39 Å². The van der Waals surface area contributed by atoms with Crippen LogP contribution in [0.2, 0.25) is 0 Å². The van der Waals surface area contributed by atoms with E-state index in [2.05, 4.69) is 5.32 Å². The largest absolute Gasteiger partial charge is 0.317 e. The number of nitrogens with one attached hydrogen (secondary N) is 1. The molecule has 2 atom stereocenters. The monoisotopic (exact) mass is 218 g/mol. The molecule has 2 rings (SSSR count). The van der Waals surface area contributed by atoms with Gasteiger partial charge in [-0.25, -0.2) is 4.39 Å². The van der Waals surface area contributed by atoms with Gasteiger partial charge in [0.1, 0.15) is 5.82 Å². The Balaban J connectivity index is 2.40. The molecule has 0 bridgehead atoms. The molecule has 0 saturated heterocycles. The fraction of sp³-hybridized carbons (Fsp3) is 0.231. The van der Waals surface area contributed by atoms with Crippen LogP contribution < -0.4 is 11.1 Å². The summed E-state index contributed by atoms with van der Waals surface area (Å²) in [7, 11) is 1.86. The Labute approximate surface area is 94.7 Å². The number of rotatable bonds is 2. The van der Waals surface area contributed by atoms with E-state index in [4.69, 9.17) is 5.73 Å². The quantitative estimate of drug-likeness (QED) is 0.792. The van der Waals surface area contributed by atoms with Crippen molar-refractivity contribution in [3.05, 3.63) is 60.0 Å². The summed E-state index contributed by atoms with van der Waals surface area (Å²) in [6.45, 7) is 0. The number of likely N-dealkylation sites (N-methyl/N-ethyl adjacent to an activating group) is 1. The molecule has 16 heavy (non-hydrogen) atoms. The van der Waals surface area contributed by atoms with Crippen LogP contribution in [0.3, 0.4) is 0 Å². The maximum absolute atomic E-state index is 12.9. The summed E-state index contributed by atoms with van der Waals surface area (Å²) in [6.07, 6.45) is 7.80. The fourth-order valence-electron chi connectivity index (χ4n) is 2.00.